The van der Waals surface area contributed by atoms with E-state index in [1.165, 1.54) is 5.56 Å². The fraction of sp³-hybridized carbons (Fsp3) is 0.650. The summed E-state index contributed by atoms with van der Waals surface area (Å²) in [4.78, 5) is 15.3. The van der Waals surface area contributed by atoms with E-state index in [-0.39, 0.29) is 30.4 Å². The number of halogens is 1. The summed E-state index contributed by atoms with van der Waals surface area (Å²) < 4.78 is 0. The molecule has 3 aliphatic rings. The predicted molar refractivity (Wildman–Crippen MR) is 110 cm³/mol. The van der Waals surface area contributed by atoms with Crippen LogP contribution in [-0.4, -0.2) is 55.1 Å². The van der Waals surface area contributed by atoms with Gasteiger partial charge >= 0.3 is 0 Å². The normalized spacial score (nSPS) is 31.7. The zero-order valence-corrected chi connectivity index (χ0v) is 16.8. The molecule has 4 rings (SSSR count). The highest BCUT2D eigenvalue weighted by molar-refractivity contribution is 5.85. The third-order valence-electron chi connectivity index (χ3n) is 6.30. The third kappa shape index (κ3) is 4.81. The fourth-order valence-electron chi connectivity index (χ4n) is 4.66. The summed E-state index contributed by atoms with van der Waals surface area (Å²) in [5.41, 5.74) is 7.89. The van der Waals surface area contributed by atoms with Gasteiger partial charge < -0.3 is 10.6 Å². The number of hydrazine groups is 1. The predicted octanol–water partition coefficient (Wildman–Crippen LogP) is 0.890. The van der Waals surface area contributed by atoms with Crippen LogP contribution in [0.2, 0.25) is 0 Å². The van der Waals surface area contributed by atoms with E-state index in [4.69, 9.17) is 0 Å². The SMILES string of the molecule is CC(NC(=O)C1NNC2CCNCC21)C1CCN(Cc2ccccc2)C1.Cl. The number of nitrogens with zero attached hydrogens (tertiary/aromatic N) is 1. The second-order valence-corrected chi connectivity index (χ2v) is 8.10. The number of hydrogen-bond donors (Lipinski definition) is 4. The van der Waals surface area contributed by atoms with E-state index in [1.54, 1.807) is 0 Å². The monoisotopic (exact) mass is 393 g/mol. The zero-order valence-electron chi connectivity index (χ0n) is 16.0. The van der Waals surface area contributed by atoms with E-state index in [9.17, 15) is 4.79 Å². The smallest absolute Gasteiger partial charge is 0.239 e. The molecule has 7 heteroatoms. The van der Waals surface area contributed by atoms with E-state index < -0.39 is 0 Å². The number of amides is 1. The number of benzene rings is 1. The second-order valence-electron chi connectivity index (χ2n) is 8.10. The van der Waals surface area contributed by atoms with Crippen LogP contribution in [-0.2, 0) is 11.3 Å². The van der Waals surface area contributed by atoms with Crippen molar-refractivity contribution in [2.45, 2.75) is 44.4 Å². The number of fused-ring (bicyclic) bond motifs is 1. The van der Waals surface area contributed by atoms with Gasteiger partial charge in [-0.15, -0.1) is 12.4 Å². The van der Waals surface area contributed by atoms with Crippen molar-refractivity contribution in [3.8, 4) is 0 Å². The van der Waals surface area contributed by atoms with Crippen molar-refractivity contribution < 1.29 is 4.79 Å². The Morgan fingerprint density at radius 2 is 2.07 bits per heavy atom. The van der Waals surface area contributed by atoms with Gasteiger partial charge in [0.25, 0.3) is 0 Å². The minimum Gasteiger partial charge on any atom is -0.352 e. The summed E-state index contributed by atoms with van der Waals surface area (Å²) in [7, 11) is 0. The Labute approximate surface area is 168 Å². The van der Waals surface area contributed by atoms with Crippen LogP contribution in [0.5, 0.6) is 0 Å². The van der Waals surface area contributed by atoms with E-state index in [1.807, 2.05) is 0 Å². The number of likely N-dealkylation sites (tertiary alicyclic amines) is 1. The van der Waals surface area contributed by atoms with Crippen LogP contribution >= 0.6 is 12.4 Å². The van der Waals surface area contributed by atoms with Crippen LogP contribution in [0, 0.1) is 11.8 Å². The Balaban J connectivity index is 0.00000210. The van der Waals surface area contributed by atoms with Crippen LogP contribution < -0.4 is 21.5 Å². The summed E-state index contributed by atoms with van der Waals surface area (Å²) in [6.07, 6.45) is 2.23. The molecule has 5 atom stereocenters. The Hall–Kier alpha value is -1.18. The first-order chi connectivity index (χ1) is 12.7. The van der Waals surface area contributed by atoms with Gasteiger partial charge in [0, 0.05) is 37.6 Å². The van der Waals surface area contributed by atoms with Gasteiger partial charge in [0.05, 0.1) is 0 Å². The topological polar surface area (TPSA) is 68.4 Å². The lowest BCUT2D eigenvalue weighted by molar-refractivity contribution is -0.124. The second kappa shape index (κ2) is 9.34. The Morgan fingerprint density at radius 3 is 2.89 bits per heavy atom. The first kappa shape index (κ1) is 20.6. The molecule has 0 aromatic heterocycles. The molecule has 1 amide bonds. The molecule has 150 valence electrons. The number of piperidine rings is 1. The zero-order chi connectivity index (χ0) is 17.9. The van der Waals surface area contributed by atoms with Gasteiger partial charge in [-0.2, -0.15) is 0 Å². The fourth-order valence-corrected chi connectivity index (χ4v) is 4.66. The van der Waals surface area contributed by atoms with Crippen molar-refractivity contribution in [1.29, 1.82) is 0 Å². The highest BCUT2D eigenvalue weighted by Gasteiger charge is 2.41. The molecule has 5 unspecified atom stereocenters. The maximum atomic E-state index is 12.8. The number of nitrogens with one attached hydrogen (secondary N) is 4. The number of hydrogen-bond acceptors (Lipinski definition) is 5. The van der Waals surface area contributed by atoms with Crippen LogP contribution in [0.1, 0.15) is 25.3 Å². The number of rotatable bonds is 5. The first-order valence-corrected chi connectivity index (χ1v) is 9.99. The molecule has 0 aliphatic carbocycles. The van der Waals surface area contributed by atoms with Crippen molar-refractivity contribution >= 4 is 18.3 Å². The summed E-state index contributed by atoms with van der Waals surface area (Å²) in [6, 6.07) is 11.1. The molecule has 3 heterocycles. The van der Waals surface area contributed by atoms with Crippen molar-refractivity contribution in [3.63, 3.8) is 0 Å². The molecule has 6 nitrogen and oxygen atoms in total. The average Bonchev–Trinajstić information content (AvgIpc) is 3.29. The van der Waals surface area contributed by atoms with Crippen molar-refractivity contribution in [2.24, 2.45) is 11.8 Å². The summed E-state index contributed by atoms with van der Waals surface area (Å²) >= 11 is 0. The van der Waals surface area contributed by atoms with Crippen molar-refractivity contribution in [3.05, 3.63) is 35.9 Å². The average molecular weight is 394 g/mol. The molecule has 1 aromatic rings. The summed E-state index contributed by atoms with van der Waals surface area (Å²) in [5.74, 6) is 1.01. The molecular weight excluding hydrogens is 362 g/mol. The molecule has 3 fully saturated rings. The lowest BCUT2D eigenvalue weighted by Crippen LogP contribution is -2.52. The first-order valence-electron chi connectivity index (χ1n) is 9.99. The minimum atomic E-state index is -0.128. The molecular formula is C20H32ClN5O. The molecule has 4 N–H and O–H groups in total. The number of carbonyl (C=O) groups is 1. The van der Waals surface area contributed by atoms with Crippen LogP contribution in [0.4, 0.5) is 0 Å². The highest BCUT2D eigenvalue weighted by atomic mass is 35.5. The minimum absolute atomic E-state index is 0. The molecule has 0 saturated carbocycles. The van der Waals surface area contributed by atoms with E-state index in [2.05, 4.69) is 63.6 Å². The summed E-state index contributed by atoms with van der Waals surface area (Å²) in [6.45, 7) is 7.26. The van der Waals surface area contributed by atoms with Crippen LogP contribution in [0.15, 0.2) is 30.3 Å². The van der Waals surface area contributed by atoms with Gasteiger partial charge in [-0.05, 0) is 44.3 Å². The van der Waals surface area contributed by atoms with Crippen molar-refractivity contribution in [1.82, 2.24) is 26.4 Å². The standard InChI is InChI=1S/C20H31N5O.ClH/c1-14(16-8-10-25(13-16)12-15-5-3-2-4-6-15)22-20(26)19-17-11-21-9-7-18(17)23-24-19;/h2-6,14,16-19,21,23-24H,7-13H2,1H3,(H,22,26);1H. The lowest BCUT2D eigenvalue weighted by atomic mass is 9.88. The van der Waals surface area contributed by atoms with Gasteiger partial charge in [0.1, 0.15) is 6.04 Å². The number of carbonyl (C=O) groups excluding carboxylic acids is 1. The Bertz CT molecular complexity index is 616. The van der Waals surface area contributed by atoms with Gasteiger partial charge in [-0.1, -0.05) is 30.3 Å². The quantitative estimate of drug-likeness (QED) is 0.598. The molecule has 1 aromatic carbocycles. The van der Waals surface area contributed by atoms with Crippen molar-refractivity contribution in [2.75, 3.05) is 26.2 Å². The molecule has 3 aliphatic heterocycles. The molecule has 3 saturated heterocycles. The highest BCUT2D eigenvalue weighted by Crippen LogP contribution is 2.23. The third-order valence-corrected chi connectivity index (χ3v) is 6.30. The largest absolute Gasteiger partial charge is 0.352 e. The summed E-state index contributed by atoms with van der Waals surface area (Å²) in [5, 5.41) is 6.70. The van der Waals surface area contributed by atoms with Crippen LogP contribution in [0.25, 0.3) is 0 Å². The van der Waals surface area contributed by atoms with Gasteiger partial charge in [0.15, 0.2) is 0 Å². The van der Waals surface area contributed by atoms with Crippen LogP contribution in [0.3, 0.4) is 0 Å². The van der Waals surface area contributed by atoms with Gasteiger partial charge in [0.2, 0.25) is 5.91 Å². The van der Waals surface area contributed by atoms with E-state index in [0.29, 0.717) is 17.9 Å². The molecule has 0 spiro atoms. The Kier molecular flexibility index (Phi) is 7.11. The molecule has 0 radical (unpaired) electrons. The maximum Gasteiger partial charge on any atom is 0.239 e. The Morgan fingerprint density at radius 1 is 1.26 bits per heavy atom. The van der Waals surface area contributed by atoms with E-state index in [0.717, 1.165) is 45.6 Å². The lowest BCUT2D eigenvalue weighted by Gasteiger charge is -2.29. The maximum absolute atomic E-state index is 12.8. The van der Waals surface area contributed by atoms with Gasteiger partial charge in [-0.25, -0.2) is 5.43 Å². The van der Waals surface area contributed by atoms with E-state index >= 15 is 0 Å². The molecule has 27 heavy (non-hydrogen) atoms. The van der Waals surface area contributed by atoms with Gasteiger partial charge in [-0.3, -0.25) is 15.1 Å². The molecule has 0 bridgehead atoms.